The molecule has 0 saturated heterocycles. The second-order valence-corrected chi connectivity index (χ2v) is 5.46. The second kappa shape index (κ2) is 6.06. The monoisotopic (exact) mass is 363 g/mol. The van der Waals surface area contributed by atoms with Crippen LogP contribution in [0.1, 0.15) is 11.1 Å². The summed E-state index contributed by atoms with van der Waals surface area (Å²) in [5.74, 6) is 0. The van der Waals surface area contributed by atoms with E-state index in [0.717, 1.165) is 16.1 Å². The maximum absolute atomic E-state index is 12.9. The number of hydrogen-bond donors (Lipinski definition) is 1. The predicted octanol–water partition coefficient (Wildman–Crippen LogP) is 5.73. The molecule has 0 radical (unpaired) electrons. The van der Waals surface area contributed by atoms with Gasteiger partial charge in [0.25, 0.3) is 0 Å². The summed E-state index contributed by atoms with van der Waals surface area (Å²) in [6.07, 6.45) is -4.44. The maximum atomic E-state index is 12.9. The fraction of sp³-hybridized carbons (Fsp3) is 0.143. The molecular formula is C14H10BrClF3N. The van der Waals surface area contributed by atoms with Crippen molar-refractivity contribution in [3.05, 3.63) is 63.1 Å². The number of nitrogens with one attached hydrogen (secondary N) is 1. The Morgan fingerprint density at radius 3 is 2.30 bits per heavy atom. The molecule has 1 N–H and O–H groups in total. The molecule has 1 nitrogen and oxygen atoms in total. The molecule has 106 valence electrons. The first-order chi connectivity index (χ1) is 9.38. The summed E-state index contributed by atoms with van der Waals surface area (Å²) < 4.78 is 39.6. The Kier molecular flexibility index (Phi) is 4.60. The van der Waals surface area contributed by atoms with E-state index in [0.29, 0.717) is 0 Å². The minimum absolute atomic E-state index is 0.0527. The Morgan fingerprint density at radius 2 is 1.70 bits per heavy atom. The third-order valence-electron chi connectivity index (χ3n) is 2.70. The zero-order valence-electron chi connectivity index (χ0n) is 10.1. The van der Waals surface area contributed by atoms with Gasteiger partial charge in [-0.25, -0.2) is 0 Å². The standard InChI is InChI=1S/C14H10BrClF3N/c15-10-6-4-9(5-7-10)8-20-13-11(14(17,18)19)2-1-3-12(13)16/h1-7,20H,8H2. The molecule has 0 aromatic heterocycles. The zero-order valence-corrected chi connectivity index (χ0v) is 12.5. The quantitative estimate of drug-likeness (QED) is 0.733. The highest BCUT2D eigenvalue weighted by atomic mass is 79.9. The Morgan fingerprint density at radius 1 is 1.05 bits per heavy atom. The molecule has 0 fully saturated rings. The maximum Gasteiger partial charge on any atom is 0.418 e. The zero-order chi connectivity index (χ0) is 14.8. The highest BCUT2D eigenvalue weighted by Gasteiger charge is 2.34. The van der Waals surface area contributed by atoms with Gasteiger partial charge in [0.05, 0.1) is 16.3 Å². The van der Waals surface area contributed by atoms with Crippen molar-refractivity contribution in [2.45, 2.75) is 12.7 Å². The molecule has 0 aliphatic rings. The Bertz CT molecular complexity index is 596. The number of halogens is 5. The molecule has 0 aliphatic heterocycles. The van der Waals surface area contributed by atoms with Crippen LogP contribution in [0.4, 0.5) is 18.9 Å². The molecule has 0 spiro atoms. The lowest BCUT2D eigenvalue weighted by atomic mass is 10.1. The predicted molar refractivity (Wildman–Crippen MR) is 77.9 cm³/mol. The van der Waals surface area contributed by atoms with Crippen molar-refractivity contribution in [2.75, 3.05) is 5.32 Å². The van der Waals surface area contributed by atoms with Crippen LogP contribution < -0.4 is 5.32 Å². The first kappa shape index (κ1) is 15.2. The average molecular weight is 365 g/mol. The first-order valence-electron chi connectivity index (χ1n) is 5.72. The van der Waals surface area contributed by atoms with Crippen LogP contribution in [0.3, 0.4) is 0 Å². The molecule has 6 heteroatoms. The van der Waals surface area contributed by atoms with E-state index < -0.39 is 11.7 Å². The molecule has 2 aromatic carbocycles. The third kappa shape index (κ3) is 3.67. The normalized spacial score (nSPS) is 11.4. The molecule has 2 rings (SSSR count). The van der Waals surface area contributed by atoms with Crippen LogP contribution in [0.5, 0.6) is 0 Å². The first-order valence-corrected chi connectivity index (χ1v) is 6.89. The van der Waals surface area contributed by atoms with Gasteiger partial charge in [-0.05, 0) is 29.8 Å². The smallest absolute Gasteiger partial charge is 0.379 e. The van der Waals surface area contributed by atoms with Gasteiger partial charge in [-0.3, -0.25) is 0 Å². The Labute approximate surface area is 127 Å². The Balaban J connectivity index is 2.23. The highest BCUT2D eigenvalue weighted by molar-refractivity contribution is 9.10. The lowest BCUT2D eigenvalue weighted by Gasteiger charge is -2.16. The van der Waals surface area contributed by atoms with E-state index in [-0.39, 0.29) is 17.3 Å². The van der Waals surface area contributed by atoms with Crippen LogP contribution in [0.15, 0.2) is 46.9 Å². The van der Waals surface area contributed by atoms with E-state index in [1.807, 2.05) is 24.3 Å². The molecular weight excluding hydrogens is 355 g/mol. The van der Waals surface area contributed by atoms with Gasteiger partial charge in [0.15, 0.2) is 0 Å². The minimum atomic E-state index is -4.44. The molecule has 0 bridgehead atoms. The van der Waals surface area contributed by atoms with Gasteiger partial charge < -0.3 is 5.32 Å². The van der Waals surface area contributed by atoms with Crippen LogP contribution in [0.2, 0.25) is 5.02 Å². The van der Waals surface area contributed by atoms with Crippen molar-refractivity contribution >= 4 is 33.2 Å². The van der Waals surface area contributed by atoms with Crippen LogP contribution in [-0.4, -0.2) is 0 Å². The summed E-state index contributed by atoms with van der Waals surface area (Å²) >= 11 is 9.16. The van der Waals surface area contributed by atoms with E-state index in [1.165, 1.54) is 12.1 Å². The van der Waals surface area contributed by atoms with Gasteiger partial charge in [-0.15, -0.1) is 0 Å². The van der Waals surface area contributed by atoms with Crippen molar-refractivity contribution < 1.29 is 13.2 Å². The fourth-order valence-corrected chi connectivity index (χ4v) is 2.24. The summed E-state index contributed by atoms with van der Waals surface area (Å²) in [7, 11) is 0. The van der Waals surface area contributed by atoms with E-state index in [1.54, 1.807) is 0 Å². The van der Waals surface area contributed by atoms with E-state index in [2.05, 4.69) is 21.2 Å². The van der Waals surface area contributed by atoms with Crippen LogP contribution in [0.25, 0.3) is 0 Å². The van der Waals surface area contributed by atoms with Gasteiger partial charge in [-0.2, -0.15) is 13.2 Å². The summed E-state index contributed by atoms with van der Waals surface area (Å²) in [6, 6.07) is 11.0. The minimum Gasteiger partial charge on any atom is -0.379 e. The molecule has 2 aromatic rings. The van der Waals surface area contributed by atoms with Crippen LogP contribution >= 0.6 is 27.5 Å². The van der Waals surface area contributed by atoms with Gasteiger partial charge in [0.1, 0.15) is 0 Å². The van der Waals surface area contributed by atoms with E-state index >= 15 is 0 Å². The molecule has 20 heavy (non-hydrogen) atoms. The lowest BCUT2D eigenvalue weighted by Crippen LogP contribution is -2.11. The number of para-hydroxylation sites is 1. The molecule has 0 saturated carbocycles. The number of hydrogen-bond acceptors (Lipinski definition) is 1. The van der Waals surface area contributed by atoms with E-state index in [4.69, 9.17) is 11.6 Å². The number of anilines is 1. The third-order valence-corrected chi connectivity index (χ3v) is 3.55. The average Bonchev–Trinajstić information content (AvgIpc) is 2.38. The van der Waals surface area contributed by atoms with Crippen molar-refractivity contribution in [1.82, 2.24) is 0 Å². The van der Waals surface area contributed by atoms with Crippen molar-refractivity contribution in [1.29, 1.82) is 0 Å². The molecule has 0 heterocycles. The lowest BCUT2D eigenvalue weighted by molar-refractivity contribution is -0.136. The number of benzene rings is 2. The Hall–Kier alpha value is -1.20. The van der Waals surface area contributed by atoms with Gasteiger partial charge >= 0.3 is 6.18 Å². The van der Waals surface area contributed by atoms with Crippen molar-refractivity contribution in [2.24, 2.45) is 0 Å². The van der Waals surface area contributed by atoms with E-state index in [9.17, 15) is 13.2 Å². The highest BCUT2D eigenvalue weighted by Crippen LogP contribution is 2.38. The van der Waals surface area contributed by atoms with Gasteiger partial charge in [0.2, 0.25) is 0 Å². The fourth-order valence-electron chi connectivity index (χ4n) is 1.73. The SMILES string of the molecule is FC(F)(F)c1cccc(Cl)c1NCc1ccc(Br)cc1. The van der Waals surface area contributed by atoms with Crippen LogP contribution in [0, 0.1) is 0 Å². The largest absolute Gasteiger partial charge is 0.418 e. The summed E-state index contributed by atoms with van der Waals surface area (Å²) in [4.78, 5) is 0. The molecule has 0 unspecified atom stereocenters. The molecule has 0 amide bonds. The molecule has 0 atom stereocenters. The summed E-state index contributed by atoms with van der Waals surface area (Å²) in [5.41, 5.74) is 0.00735. The summed E-state index contributed by atoms with van der Waals surface area (Å²) in [5, 5.41) is 2.81. The number of rotatable bonds is 3. The second-order valence-electron chi connectivity index (χ2n) is 4.14. The summed E-state index contributed by atoms with van der Waals surface area (Å²) in [6.45, 7) is 0.264. The van der Waals surface area contributed by atoms with Crippen molar-refractivity contribution in [3.8, 4) is 0 Å². The molecule has 0 aliphatic carbocycles. The number of alkyl halides is 3. The van der Waals surface area contributed by atoms with Gasteiger partial charge in [-0.1, -0.05) is 45.7 Å². The van der Waals surface area contributed by atoms with Crippen molar-refractivity contribution in [3.63, 3.8) is 0 Å². The van der Waals surface area contributed by atoms with Gasteiger partial charge in [0, 0.05) is 11.0 Å². The van der Waals surface area contributed by atoms with Crippen LogP contribution in [-0.2, 0) is 12.7 Å². The topological polar surface area (TPSA) is 12.0 Å².